The van der Waals surface area contributed by atoms with Gasteiger partial charge in [0, 0.05) is 6.04 Å². The van der Waals surface area contributed by atoms with E-state index < -0.39 is 0 Å². The van der Waals surface area contributed by atoms with Crippen LogP contribution < -0.4 is 10.1 Å². The van der Waals surface area contributed by atoms with Crippen LogP contribution in [0.25, 0.3) is 0 Å². The zero-order valence-corrected chi connectivity index (χ0v) is 13.8. The van der Waals surface area contributed by atoms with Crippen molar-refractivity contribution in [1.29, 1.82) is 0 Å². The van der Waals surface area contributed by atoms with E-state index >= 15 is 0 Å². The summed E-state index contributed by atoms with van der Waals surface area (Å²) in [6, 6.07) is 9.01. The second-order valence-electron chi connectivity index (χ2n) is 6.64. The Morgan fingerprint density at radius 3 is 2.25 bits per heavy atom. The summed E-state index contributed by atoms with van der Waals surface area (Å²) in [7, 11) is 0. The Labute approximate surface area is 124 Å². The molecule has 0 fully saturated rings. The zero-order valence-electron chi connectivity index (χ0n) is 13.8. The molecule has 0 heterocycles. The largest absolute Gasteiger partial charge is 0.494 e. The summed E-state index contributed by atoms with van der Waals surface area (Å²) in [4.78, 5) is 0. The molecule has 0 aliphatic rings. The maximum absolute atomic E-state index is 5.81. The van der Waals surface area contributed by atoms with Gasteiger partial charge in [-0.3, -0.25) is 0 Å². The normalized spacial score (nSPS) is 13.2. The lowest BCUT2D eigenvalue weighted by atomic mass is 9.93. The molecule has 0 aliphatic carbocycles. The van der Waals surface area contributed by atoms with Gasteiger partial charge in [0.2, 0.25) is 0 Å². The molecule has 1 rings (SSSR count). The Bertz CT molecular complexity index is 364. The maximum Gasteiger partial charge on any atom is 0.119 e. The monoisotopic (exact) mass is 277 g/mol. The highest BCUT2D eigenvalue weighted by Crippen LogP contribution is 2.22. The van der Waals surface area contributed by atoms with Crippen molar-refractivity contribution in [2.75, 3.05) is 13.2 Å². The summed E-state index contributed by atoms with van der Waals surface area (Å²) in [6.45, 7) is 13.0. The lowest BCUT2D eigenvalue weighted by molar-refractivity contribution is 0.243. The minimum absolute atomic E-state index is 0.331. The molecule has 1 aromatic rings. The van der Waals surface area contributed by atoms with E-state index in [0.717, 1.165) is 31.7 Å². The summed E-state index contributed by atoms with van der Waals surface area (Å²) >= 11 is 0. The molecule has 1 N–H and O–H groups in total. The van der Waals surface area contributed by atoms with Gasteiger partial charge in [0.25, 0.3) is 0 Å². The molecule has 1 atom stereocenters. The molecule has 2 heteroatoms. The Balaban J connectivity index is 2.50. The molecule has 0 amide bonds. The molecule has 1 unspecified atom stereocenters. The van der Waals surface area contributed by atoms with Crippen molar-refractivity contribution in [2.45, 2.75) is 59.9 Å². The predicted octanol–water partition coefficient (Wildman–Crippen LogP) is 4.95. The fourth-order valence-corrected chi connectivity index (χ4v) is 2.09. The van der Waals surface area contributed by atoms with Crippen LogP contribution in [0.15, 0.2) is 24.3 Å². The predicted molar refractivity (Wildman–Crippen MR) is 87.3 cm³/mol. The SMILES string of the molecule is CCCNC(CC)c1ccc(OCCC(C)(C)C)cc1. The van der Waals surface area contributed by atoms with Crippen LogP contribution in [0.3, 0.4) is 0 Å². The van der Waals surface area contributed by atoms with E-state index in [9.17, 15) is 0 Å². The van der Waals surface area contributed by atoms with Gasteiger partial charge in [0.1, 0.15) is 5.75 Å². The van der Waals surface area contributed by atoms with Crippen LogP contribution in [0.4, 0.5) is 0 Å². The minimum Gasteiger partial charge on any atom is -0.494 e. The summed E-state index contributed by atoms with van der Waals surface area (Å²) < 4.78 is 5.81. The Kier molecular flexibility index (Phi) is 7.08. The molecule has 20 heavy (non-hydrogen) atoms. The topological polar surface area (TPSA) is 21.3 Å². The third-order valence-corrected chi connectivity index (χ3v) is 3.45. The molecule has 1 aromatic carbocycles. The molecule has 0 saturated heterocycles. The molecule has 0 spiro atoms. The lowest BCUT2D eigenvalue weighted by Gasteiger charge is -2.19. The van der Waals surface area contributed by atoms with Crippen molar-refractivity contribution in [3.8, 4) is 5.75 Å². The highest BCUT2D eigenvalue weighted by molar-refractivity contribution is 5.29. The number of hydrogen-bond acceptors (Lipinski definition) is 2. The van der Waals surface area contributed by atoms with Gasteiger partial charge in [-0.15, -0.1) is 0 Å². The third kappa shape index (κ3) is 6.42. The maximum atomic E-state index is 5.81. The molecule has 0 bridgehead atoms. The van der Waals surface area contributed by atoms with Crippen molar-refractivity contribution in [2.24, 2.45) is 5.41 Å². The molecule has 0 radical (unpaired) electrons. The summed E-state index contributed by atoms with van der Waals surface area (Å²) in [6.07, 6.45) is 3.36. The van der Waals surface area contributed by atoms with Gasteiger partial charge in [0.05, 0.1) is 6.61 Å². The van der Waals surface area contributed by atoms with Crippen LogP contribution in [0.5, 0.6) is 5.75 Å². The first-order valence-electron chi connectivity index (χ1n) is 7.92. The number of ether oxygens (including phenoxy) is 1. The van der Waals surface area contributed by atoms with E-state index in [1.807, 2.05) is 0 Å². The summed E-state index contributed by atoms with van der Waals surface area (Å²) in [5.74, 6) is 0.975. The van der Waals surface area contributed by atoms with Crippen LogP contribution in [0, 0.1) is 5.41 Å². The standard InChI is InChI=1S/C18H31NO/c1-6-13-19-17(7-2)15-8-10-16(11-9-15)20-14-12-18(3,4)5/h8-11,17,19H,6-7,12-14H2,1-5H3. The van der Waals surface area contributed by atoms with Crippen LogP contribution in [0.1, 0.15) is 65.5 Å². The molecule has 0 aliphatic heterocycles. The van der Waals surface area contributed by atoms with E-state index in [1.54, 1.807) is 0 Å². The fourth-order valence-electron chi connectivity index (χ4n) is 2.09. The first-order chi connectivity index (χ1) is 9.46. The number of benzene rings is 1. The molecule has 114 valence electrons. The molecule has 0 saturated carbocycles. The van der Waals surface area contributed by atoms with Crippen LogP contribution in [0.2, 0.25) is 0 Å². The van der Waals surface area contributed by atoms with E-state index in [1.165, 1.54) is 12.0 Å². The van der Waals surface area contributed by atoms with Gasteiger partial charge in [-0.25, -0.2) is 0 Å². The fraction of sp³-hybridized carbons (Fsp3) is 0.667. The van der Waals surface area contributed by atoms with Crippen molar-refractivity contribution in [3.63, 3.8) is 0 Å². The van der Waals surface area contributed by atoms with Crippen molar-refractivity contribution in [3.05, 3.63) is 29.8 Å². The van der Waals surface area contributed by atoms with Crippen molar-refractivity contribution in [1.82, 2.24) is 5.32 Å². The van der Waals surface area contributed by atoms with Crippen LogP contribution in [-0.4, -0.2) is 13.2 Å². The van der Waals surface area contributed by atoms with E-state index in [0.29, 0.717) is 11.5 Å². The van der Waals surface area contributed by atoms with Gasteiger partial charge in [-0.2, -0.15) is 0 Å². The number of nitrogens with one attached hydrogen (secondary N) is 1. The highest BCUT2D eigenvalue weighted by Gasteiger charge is 2.10. The van der Waals surface area contributed by atoms with E-state index in [-0.39, 0.29) is 0 Å². The van der Waals surface area contributed by atoms with Crippen LogP contribution in [-0.2, 0) is 0 Å². The second kappa shape index (κ2) is 8.31. The van der Waals surface area contributed by atoms with E-state index in [4.69, 9.17) is 4.74 Å². The Morgan fingerprint density at radius 2 is 1.75 bits per heavy atom. The van der Waals surface area contributed by atoms with Crippen LogP contribution >= 0.6 is 0 Å². The zero-order chi connectivity index (χ0) is 15.0. The average Bonchev–Trinajstić information content (AvgIpc) is 2.40. The molecular weight excluding hydrogens is 246 g/mol. The van der Waals surface area contributed by atoms with Crippen molar-refractivity contribution >= 4 is 0 Å². The highest BCUT2D eigenvalue weighted by atomic mass is 16.5. The first kappa shape index (κ1) is 17.0. The van der Waals surface area contributed by atoms with E-state index in [2.05, 4.69) is 64.2 Å². The minimum atomic E-state index is 0.331. The number of hydrogen-bond donors (Lipinski definition) is 1. The number of rotatable bonds is 8. The average molecular weight is 277 g/mol. The van der Waals surface area contributed by atoms with Gasteiger partial charge >= 0.3 is 0 Å². The molecule has 2 nitrogen and oxygen atoms in total. The van der Waals surface area contributed by atoms with Gasteiger partial charge in [0.15, 0.2) is 0 Å². The quantitative estimate of drug-likeness (QED) is 0.725. The lowest BCUT2D eigenvalue weighted by Crippen LogP contribution is -2.21. The molecule has 0 aromatic heterocycles. The Morgan fingerprint density at radius 1 is 1.10 bits per heavy atom. The summed E-state index contributed by atoms with van der Waals surface area (Å²) in [5, 5.41) is 3.58. The second-order valence-corrected chi connectivity index (χ2v) is 6.64. The van der Waals surface area contributed by atoms with Gasteiger partial charge in [-0.05, 0) is 48.9 Å². The first-order valence-corrected chi connectivity index (χ1v) is 7.92. The summed E-state index contributed by atoms with van der Waals surface area (Å²) in [5.41, 5.74) is 1.68. The van der Waals surface area contributed by atoms with Crippen molar-refractivity contribution < 1.29 is 4.74 Å². The third-order valence-electron chi connectivity index (χ3n) is 3.45. The smallest absolute Gasteiger partial charge is 0.119 e. The molecular formula is C18H31NO. The van der Waals surface area contributed by atoms with Gasteiger partial charge in [-0.1, -0.05) is 46.8 Å². The Hall–Kier alpha value is -1.02. The van der Waals surface area contributed by atoms with Gasteiger partial charge < -0.3 is 10.1 Å².